The number of imide groups is 1. The molecule has 3 N–H and O–H groups in total. The van der Waals surface area contributed by atoms with Gasteiger partial charge in [0.2, 0.25) is 0 Å². The van der Waals surface area contributed by atoms with Crippen LogP contribution in [-0.4, -0.2) is 23.5 Å². The Morgan fingerprint density at radius 2 is 2.19 bits per heavy atom. The maximum Gasteiger partial charge on any atom is 0.329 e. The van der Waals surface area contributed by atoms with Crippen molar-refractivity contribution in [2.45, 2.75) is 6.92 Å². The Morgan fingerprint density at radius 3 is 2.69 bits per heavy atom. The standard InChI is InChI=1S/C10H12ClN3O2/c1-2-14(9(12)15)10(16)13-8-5-3-4-7(11)6-8/h3-6H,2H2,1H3,(H2,12,15)(H,13,16). The minimum Gasteiger partial charge on any atom is -0.351 e. The van der Waals surface area contributed by atoms with Gasteiger partial charge in [0.1, 0.15) is 0 Å². The van der Waals surface area contributed by atoms with Crippen molar-refractivity contribution in [1.82, 2.24) is 4.90 Å². The number of hydrogen-bond acceptors (Lipinski definition) is 2. The maximum absolute atomic E-state index is 11.6. The molecule has 6 heteroatoms. The molecule has 0 aromatic heterocycles. The molecule has 0 fully saturated rings. The summed E-state index contributed by atoms with van der Waals surface area (Å²) >= 11 is 5.75. The highest BCUT2D eigenvalue weighted by molar-refractivity contribution is 6.30. The van der Waals surface area contributed by atoms with Crippen molar-refractivity contribution in [3.63, 3.8) is 0 Å². The molecule has 16 heavy (non-hydrogen) atoms. The molecule has 86 valence electrons. The third-order valence-corrected chi connectivity index (χ3v) is 2.14. The minimum atomic E-state index is -0.790. The van der Waals surface area contributed by atoms with E-state index in [1.54, 1.807) is 31.2 Å². The molecule has 0 bridgehead atoms. The summed E-state index contributed by atoms with van der Waals surface area (Å²) in [5.41, 5.74) is 5.54. The summed E-state index contributed by atoms with van der Waals surface area (Å²) < 4.78 is 0. The van der Waals surface area contributed by atoms with Crippen LogP contribution in [0.4, 0.5) is 15.3 Å². The summed E-state index contributed by atoms with van der Waals surface area (Å²) in [5, 5.41) is 3.02. The van der Waals surface area contributed by atoms with Gasteiger partial charge >= 0.3 is 12.1 Å². The Bertz CT molecular complexity index is 409. The highest BCUT2D eigenvalue weighted by Gasteiger charge is 2.16. The Hall–Kier alpha value is -1.75. The predicted molar refractivity (Wildman–Crippen MR) is 62.4 cm³/mol. The van der Waals surface area contributed by atoms with Gasteiger partial charge in [0, 0.05) is 17.3 Å². The number of primary amides is 1. The van der Waals surface area contributed by atoms with E-state index in [0.29, 0.717) is 10.7 Å². The summed E-state index contributed by atoms with van der Waals surface area (Å²) in [6, 6.07) is 5.26. The van der Waals surface area contributed by atoms with Gasteiger partial charge in [-0.25, -0.2) is 14.5 Å². The molecule has 0 spiro atoms. The van der Waals surface area contributed by atoms with E-state index in [0.717, 1.165) is 4.90 Å². The number of urea groups is 2. The van der Waals surface area contributed by atoms with Gasteiger partial charge in [0.15, 0.2) is 0 Å². The molecule has 1 aromatic rings. The average Bonchev–Trinajstić information content (AvgIpc) is 2.17. The van der Waals surface area contributed by atoms with E-state index < -0.39 is 12.1 Å². The Labute approximate surface area is 98.2 Å². The quantitative estimate of drug-likeness (QED) is 0.833. The van der Waals surface area contributed by atoms with Crippen LogP contribution in [0.1, 0.15) is 6.92 Å². The summed E-state index contributed by atoms with van der Waals surface area (Å²) in [5.74, 6) is 0. The molecule has 0 saturated heterocycles. The second-order valence-corrected chi connectivity index (χ2v) is 3.46. The lowest BCUT2D eigenvalue weighted by atomic mass is 10.3. The number of hydrogen-bond donors (Lipinski definition) is 2. The zero-order valence-electron chi connectivity index (χ0n) is 8.74. The van der Waals surface area contributed by atoms with Crippen LogP contribution >= 0.6 is 11.6 Å². The number of amides is 4. The first-order valence-corrected chi connectivity index (χ1v) is 5.06. The molecule has 0 aliphatic rings. The summed E-state index contributed by atoms with van der Waals surface area (Å²) in [7, 11) is 0. The van der Waals surface area contributed by atoms with Crippen molar-refractivity contribution in [1.29, 1.82) is 0 Å². The monoisotopic (exact) mass is 241 g/mol. The van der Waals surface area contributed by atoms with Crippen molar-refractivity contribution in [2.75, 3.05) is 11.9 Å². The van der Waals surface area contributed by atoms with E-state index in [4.69, 9.17) is 17.3 Å². The van der Waals surface area contributed by atoms with Crippen molar-refractivity contribution in [2.24, 2.45) is 5.73 Å². The number of halogens is 1. The normalized spacial score (nSPS) is 9.62. The number of carbonyl (C=O) groups excluding carboxylic acids is 2. The van der Waals surface area contributed by atoms with Gasteiger partial charge in [-0.2, -0.15) is 0 Å². The average molecular weight is 242 g/mol. The van der Waals surface area contributed by atoms with Crippen LogP contribution in [-0.2, 0) is 0 Å². The van der Waals surface area contributed by atoms with Gasteiger partial charge in [-0.1, -0.05) is 17.7 Å². The lowest BCUT2D eigenvalue weighted by molar-refractivity contribution is 0.202. The van der Waals surface area contributed by atoms with Gasteiger partial charge in [-0.15, -0.1) is 0 Å². The van der Waals surface area contributed by atoms with Crippen molar-refractivity contribution in [3.05, 3.63) is 29.3 Å². The molecule has 4 amide bonds. The first-order valence-electron chi connectivity index (χ1n) is 4.68. The van der Waals surface area contributed by atoms with E-state index in [1.165, 1.54) is 0 Å². The van der Waals surface area contributed by atoms with Crippen LogP contribution in [0.15, 0.2) is 24.3 Å². The topological polar surface area (TPSA) is 75.4 Å². The Morgan fingerprint density at radius 1 is 1.50 bits per heavy atom. The third kappa shape index (κ3) is 3.13. The fraction of sp³-hybridized carbons (Fsp3) is 0.200. The highest BCUT2D eigenvalue weighted by Crippen LogP contribution is 2.15. The number of nitrogens with zero attached hydrogens (tertiary/aromatic N) is 1. The minimum absolute atomic E-state index is 0.210. The summed E-state index contributed by atoms with van der Waals surface area (Å²) in [4.78, 5) is 23.3. The molecule has 0 aliphatic carbocycles. The first-order chi connectivity index (χ1) is 7.54. The van der Waals surface area contributed by atoms with Gasteiger partial charge < -0.3 is 11.1 Å². The molecule has 0 atom stereocenters. The number of rotatable bonds is 2. The smallest absolute Gasteiger partial charge is 0.329 e. The number of anilines is 1. The lowest BCUT2D eigenvalue weighted by Crippen LogP contribution is -2.42. The zero-order valence-corrected chi connectivity index (χ0v) is 9.49. The number of benzene rings is 1. The molecule has 0 aliphatic heterocycles. The molecule has 1 aromatic carbocycles. The molecule has 5 nitrogen and oxygen atoms in total. The maximum atomic E-state index is 11.6. The Balaban J connectivity index is 2.74. The van der Waals surface area contributed by atoms with Crippen molar-refractivity contribution >= 4 is 29.4 Å². The van der Waals surface area contributed by atoms with Gasteiger partial charge in [0.25, 0.3) is 0 Å². The predicted octanol–water partition coefficient (Wildman–Crippen LogP) is 2.27. The molecule has 1 rings (SSSR count). The van der Waals surface area contributed by atoms with E-state index in [9.17, 15) is 9.59 Å². The SMILES string of the molecule is CCN(C(N)=O)C(=O)Nc1cccc(Cl)c1. The summed E-state index contributed by atoms with van der Waals surface area (Å²) in [6.45, 7) is 1.87. The zero-order chi connectivity index (χ0) is 12.1. The van der Waals surface area contributed by atoms with Crippen LogP contribution in [0, 0.1) is 0 Å². The highest BCUT2D eigenvalue weighted by atomic mass is 35.5. The second kappa shape index (κ2) is 5.37. The summed E-state index contributed by atoms with van der Waals surface area (Å²) in [6.07, 6.45) is 0. The molecular weight excluding hydrogens is 230 g/mol. The van der Waals surface area contributed by atoms with E-state index in [-0.39, 0.29) is 6.54 Å². The molecule has 0 saturated carbocycles. The van der Waals surface area contributed by atoms with Crippen LogP contribution in [0.5, 0.6) is 0 Å². The van der Waals surface area contributed by atoms with Crippen LogP contribution in [0.2, 0.25) is 5.02 Å². The molecule has 0 heterocycles. The van der Waals surface area contributed by atoms with Crippen molar-refractivity contribution < 1.29 is 9.59 Å². The van der Waals surface area contributed by atoms with Crippen LogP contribution in [0.25, 0.3) is 0 Å². The van der Waals surface area contributed by atoms with Gasteiger partial charge in [0.05, 0.1) is 0 Å². The van der Waals surface area contributed by atoms with Gasteiger partial charge in [-0.05, 0) is 25.1 Å². The Kier molecular flexibility index (Phi) is 4.13. The third-order valence-electron chi connectivity index (χ3n) is 1.90. The van der Waals surface area contributed by atoms with E-state index in [1.807, 2.05) is 0 Å². The fourth-order valence-electron chi connectivity index (χ4n) is 1.16. The lowest BCUT2D eigenvalue weighted by Gasteiger charge is -2.16. The fourth-order valence-corrected chi connectivity index (χ4v) is 1.35. The molecule has 0 unspecified atom stereocenters. The van der Waals surface area contributed by atoms with Crippen LogP contribution < -0.4 is 11.1 Å². The first kappa shape index (κ1) is 12.3. The number of nitrogens with two attached hydrogens (primary N) is 1. The second-order valence-electron chi connectivity index (χ2n) is 3.02. The van der Waals surface area contributed by atoms with Gasteiger partial charge in [-0.3, -0.25) is 0 Å². The van der Waals surface area contributed by atoms with Crippen molar-refractivity contribution in [3.8, 4) is 0 Å². The number of carbonyl (C=O) groups is 2. The molecule has 0 radical (unpaired) electrons. The molecular formula is C10H12ClN3O2. The van der Waals surface area contributed by atoms with Crippen LogP contribution in [0.3, 0.4) is 0 Å². The number of nitrogens with one attached hydrogen (secondary N) is 1. The largest absolute Gasteiger partial charge is 0.351 e. The van der Waals surface area contributed by atoms with E-state index in [2.05, 4.69) is 5.32 Å². The van der Waals surface area contributed by atoms with E-state index >= 15 is 0 Å².